The highest BCUT2D eigenvalue weighted by atomic mass is 16.6. The van der Waals surface area contributed by atoms with Crippen molar-refractivity contribution in [1.82, 2.24) is 0 Å². The first-order valence-corrected chi connectivity index (χ1v) is 5.00. The van der Waals surface area contributed by atoms with E-state index in [9.17, 15) is 19.7 Å². The zero-order chi connectivity index (χ0) is 12.6. The zero-order valence-electron chi connectivity index (χ0n) is 8.79. The molecule has 0 aliphatic carbocycles. The molecule has 0 radical (unpaired) electrons. The smallest absolute Gasteiger partial charge is 0.303 e. The van der Waals surface area contributed by atoms with Crippen molar-refractivity contribution in [2.75, 3.05) is 0 Å². The Kier molecular flexibility index (Phi) is 6.82. The Labute approximate surface area is 92.2 Å². The molecular formula is C9H15NO6. The number of carboxylic acids is 2. The Morgan fingerprint density at radius 1 is 1.06 bits per heavy atom. The van der Waals surface area contributed by atoms with E-state index >= 15 is 0 Å². The normalized spacial score (nSPS) is 12.0. The van der Waals surface area contributed by atoms with Gasteiger partial charge in [-0.1, -0.05) is 0 Å². The third-order valence-electron chi connectivity index (χ3n) is 2.17. The van der Waals surface area contributed by atoms with E-state index in [0.29, 0.717) is 12.8 Å². The predicted octanol–water partition coefficient (Wildman–Crippen LogP) is 1.14. The van der Waals surface area contributed by atoms with Crippen molar-refractivity contribution < 1.29 is 24.7 Å². The number of carbonyl (C=O) groups is 2. The van der Waals surface area contributed by atoms with Crippen molar-refractivity contribution in [3.63, 3.8) is 0 Å². The van der Waals surface area contributed by atoms with Gasteiger partial charge in [0.25, 0.3) is 0 Å². The van der Waals surface area contributed by atoms with Crippen LogP contribution in [0.4, 0.5) is 0 Å². The fraction of sp³-hybridized carbons (Fsp3) is 0.778. The third-order valence-corrected chi connectivity index (χ3v) is 2.17. The second-order valence-corrected chi connectivity index (χ2v) is 3.51. The molecule has 0 aromatic rings. The van der Waals surface area contributed by atoms with Crippen LogP contribution in [0, 0.1) is 10.1 Å². The maximum atomic E-state index is 10.5. The fourth-order valence-electron chi connectivity index (χ4n) is 1.30. The molecule has 0 amide bonds. The maximum absolute atomic E-state index is 10.5. The number of nitrogens with zero attached hydrogens (tertiary/aromatic N) is 1. The van der Waals surface area contributed by atoms with Crippen LogP contribution in [0.5, 0.6) is 0 Å². The lowest BCUT2D eigenvalue weighted by atomic mass is 10.0. The monoisotopic (exact) mass is 233 g/mol. The lowest BCUT2D eigenvalue weighted by Gasteiger charge is -2.07. The van der Waals surface area contributed by atoms with Crippen molar-refractivity contribution in [1.29, 1.82) is 0 Å². The Morgan fingerprint density at radius 3 is 2.06 bits per heavy atom. The van der Waals surface area contributed by atoms with Crippen LogP contribution in [0.1, 0.15) is 38.5 Å². The molecule has 2 N–H and O–H groups in total. The van der Waals surface area contributed by atoms with Gasteiger partial charge in [-0.15, -0.1) is 0 Å². The Balaban J connectivity index is 3.81. The second-order valence-electron chi connectivity index (χ2n) is 3.51. The van der Waals surface area contributed by atoms with Gasteiger partial charge in [-0.25, -0.2) is 0 Å². The average Bonchev–Trinajstić information content (AvgIpc) is 2.15. The summed E-state index contributed by atoms with van der Waals surface area (Å²) in [7, 11) is 0. The van der Waals surface area contributed by atoms with Crippen molar-refractivity contribution in [2.24, 2.45) is 0 Å². The summed E-state index contributed by atoms with van der Waals surface area (Å²) >= 11 is 0. The molecule has 92 valence electrons. The minimum absolute atomic E-state index is 0.00456. The minimum atomic E-state index is -1.06. The van der Waals surface area contributed by atoms with E-state index in [1.807, 2.05) is 0 Å². The van der Waals surface area contributed by atoms with Crippen molar-refractivity contribution in [2.45, 2.75) is 44.6 Å². The van der Waals surface area contributed by atoms with Crippen molar-refractivity contribution in [3.05, 3.63) is 10.1 Å². The molecular weight excluding hydrogens is 218 g/mol. The van der Waals surface area contributed by atoms with E-state index in [2.05, 4.69) is 0 Å². The topological polar surface area (TPSA) is 118 Å². The van der Waals surface area contributed by atoms with Gasteiger partial charge in [-0.2, -0.15) is 0 Å². The summed E-state index contributed by atoms with van der Waals surface area (Å²) in [6.07, 6.45) is 0.793. The van der Waals surface area contributed by atoms with Gasteiger partial charge in [-0.05, 0) is 12.8 Å². The SMILES string of the molecule is O=C(O)CCCCC(CCC(=O)O)[N+](=O)[O-]. The van der Waals surface area contributed by atoms with E-state index in [1.165, 1.54) is 0 Å². The molecule has 1 unspecified atom stereocenters. The molecule has 0 saturated carbocycles. The molecule has 0 fully saturated rings. The Bertz CT molecular complexity index is 265. The maximum Gasteiger partial charge on any atom is 0.303 e. The van der Waals surface area contributed by atoms with Gasteiger partial charge in [0, 0.05) is 24.2 Å². The summed E-state index contributed by atoms with van der Waals surface area (Å²) in [5.74, 6) is -1.99. The molecule has 16 heavy (non-hydrogen) atoms. The van der Waals surface area contributed by atoms with Crippen LogP contribution in [0.2, 0.25) is 0 Å². The first-order valence-electron chi connectivity index (χ1n) is 5.00. The van der Waals surface area contributed by atoms with Crippen molar-refractivity contribution in [3.8, 4) is 0 Å². The molecule has 0 heterocycles. The summed E-state index contributed by atoms with van der Waals surface area (Å²) in [4.78, 5) is 30.5. The van der Waals surface area contributed by atoms with Crippen molar-refractivity contribution >= 4 is 11.9 Å². The standard InChI is InChI=1S/C9H15NO6/c11-8(12)4-2-1-3-7(10(15)16)5-6-9(13)14/h7H,1-6H2,(H,11,12)(H,13,14). The Morgan fingerprint density at radius 2 is 1.62 bits per heavy atom. The zero-order valence-corrected chi connectivity index (χ0v) is 8.79. The van der Waals surface area contributed by atoms with Crippen LogP contribution < -0.4 is 0 Å². The molecule has 0 bridgehead atoms. The molecule has 1 atom stereocenters. The Hall–Kier alpha value is -1.66. The number of carboxylic acid groups (broad SMARTS) is 2. The van der Waals surface area contributed by atoms with E-state index < -0.39 is 22.9 Å². The van der Waals surface area contributed by atoms with E-state index in [1.54, 1.807) is 0 Å². The van der Waals surface area contributed by atoms with Gasteiger partial charge in [-0.3, -0.25) is 19.7 Å². The van der Waals surface area contributed by atoms with Crippen LogP contribution in [0.3, 0.4) is 0 Å². The molecule has 0 aliphatic heterocycles. The number of hydrogen-bond acceptors (Lipinski definition) is 4. The van der Waals surface area contributed by atoms with E-state index in [4.69, 9.17) is 10.2 Å². The van der Waals surface area contributed by atoms with Crippen LogP contribution >= 0.6 is 0 Å². The molecule has 7 heteroatoms. The average molecular weight is 233 g/mol. The van der Waals surface area contributed by atoms with Gasteiger partial charge >= 0.3 is 11.9 Å². The largest absolute Gasteiger partial charge is 0.481 e. The lowest BCUT2D eigenvalue weighted by molar-refractivity contribution is -0.524. The van der Waals surface area contributed by atoms with E-state index in [-0.39, 0.29) is 25.7 Å². The highest BCUT2D eigenvalue weighted by Gasteiger charge is 2.20. The van der Waals surface area contributed by atoms with Crippen LogP contribution in [-0.4, -0.2) is 33.1 Å². The second kappa shape index (κ2) is 7.61. The predicted molar refractivity (Wildman–Crippen MR) is 53.8 cm³/mol. The van der Waals surface area contributed by atoms with Crippen LogP contribution in [0.25, 0.3) is 0 Å². The van der Waals surface area contributed by atoms with Gasteiger partial charge in [0.2, 0.25) is 6.04 Å². The van der Waals surface area contributed by atoms with Gasteiger partial charge in [0.15, 0.2) is 0 Å². The summed E-state index contributed by atoms with van der Waals surface area (Å²) in [5, 5.41) is 27.3. The first-order chi connectivity index (χ1) is 7.43. The van der Waals surface area contributed by atoms with Gasteiger partial charge in [0.05, 0.1) is 6.42 Å². The number of aliphatic carboxylic acids is 2. The minimum Gasteiger partial charge on any atom is -0.481 e. The summed E-state index contributed by atoms with van der Waals surface area (Å²) in [6.45, 7) is 0. The quantitative estimate of drug-likeness (QED) is 0.350. The summed E-state index contributed by atoms with van der Waals surface area (Å²) < 4.78 is 0. The molecule has 7 nitrogen and oxygen atoms in total. The molecule has 0 aliphatic rings. The highest BCUT2D eigenvalue weighted by molar-refractivity contribution is 5.66. The number of rotatable bonds is 9. The number of nitro groups is 1. The molecule has 0 rings (SSSR count). The summed E-state index contributed by atoms with van der Waals surface area (Å²) in [6, 6.07) is -0.884. The fourth-order valence-corrected chi connectivity index (χ4v) is 1.30. The number of hydrogen-bond donors (Lipinski definition) is 2. The number of unbranched alkanes of at least 4 members (excludes halogenated alkanes) is 1. The first kappa shape index (κ1) is 14.3. The highest BCUT2D eigenvalue weighted by Crippen LogP contribution is 2.11. The molecule has 0 aromatic carbocycles. The van der Waals surface area contributed by atoms with Crippen LogP contribution in [-0.2, 0) is 9.59 Å². The van der Waals surface area contributed by atoms with E-state index in [0.717, 1.165) is 0 Å². The lowest BCUT2D eigenvalue weighted by Crippen LogP contribution is -2.20. The molecule has 0 saturated heterocycles. The van der Waals surface area contributed by atoms with Gasteiger partial charge in [0.1, 0.15) is 0 Å². The molecule has 0 aromatic heterocycles. The van der Waals surface area contributed by atoms with Gasteiger partial charge < -0.3 is 10.2 Å². The summed E-state index contributed by atoms with van der Waals surface area (Å²) in [5.41, 5.74) is 0. The van der Waals surface area contributed by atoms with Crippen LogP contribution in [0.15, 0.2) is 0 Å². The third kappa shape index (κ3) is 7.72. The molecule has 0 spiro atoms.